The van der Waals surface area contributed by atoms with Crippen molar-refractivity contribution in [1.82, 2.24) is 24.3 Å². The number of aryl methyl sites for hydroxylation is 2. The first kappa shape index (κ1) is 26.2. The van der Waals surface area contributed by atoms with Gasteiger partial charge in [0, 0.05) is 70.8 Å². The van der Waals surface area contributed by atoms with Crippen LogP contribution >= 0.6 is 15.9 Å². The summed E-state index contributed by atoms with van der Waals surface area (Å²) in [5, 5.41) is 5.58. The number of benzene rings is 2. The van der Waals surface area contributed by atoms with Gasteiger partial charge in [-0.05, 0) is 66.8 Å². The highest BCUT2D eigenvalue weighted by molar-refractivity contribution is 9.10. The number of alkyl halides is 3. The molecule has 0 radical (unpaired) electrons. The van der Waals surface area contributed by atoms with E-state index in [2.05, 4.69) is 31.0 Å². The number of anilines is 1. The smallest absolute Gasteiger partial charge is 0.333 e. The normalized spacial score (nSPS) is 13.8. The number of nitrogens with zero attached hydrogens (tertiary/aromatic N) is 6. The molecule has 204 valence electrons. The van der Waals surface area contributed by atoms with E-state index in [4.69, 9.17) is 0 Å². The fraction of sp³-hybridized carbons (Fsp3) is 0.241. The molecule has 0 aliphatic carbocycles. The molecule has 0 atom stereocenters. The minimum atomic E-state index is -4.65. The van der Waals surface area contributed by atoms with Crippen molar-refractivity contribution < 1.29 is 18.0 Å². The van der Waals surface area contributed by atoms with Gasteiger partial charge in [0.05, 0.1) is 18.2 Å². The first-order valence-corrected chi connectivity index (χ1v) is 13.6. The van der Waals surface area contributed by atoms with Crippen molar-refractivity contribution in [2.75, 3.05) is 11.4 Å². The molecule has 11 heteroatoms. The maximum Gasteiger partial charge on any atom is 0.435 e. The lowest BCUT2D eigenvalue weighted by Gasteiger charge is -2.31. The Balaban J connectivity index is 1.53. The zero-order chi connectivity index (χ0) is 28.2. The molecular formula is C29H24BrF3N6O. The standard InChI is InChI=1S/C29H24BrF3N6O/c1-3-38-15-24(27(36-38)29(31,32)33)20-10-18(14-37-7-5-34-16-37)11-22-19(20)4-6-39(28(22)40)26-13-35-12-23-21(26)8-17(2)9-25(23)30/h5,7-13,15-16H,3-4,6,14H2,1-2H3. The minimum Gasteiger partial charge on any atom is -0.333 e. The largest absolute Gasteiger partial charge is 0.435 e. The van der Waals surface area contributed by atoms with Gasteiger partial charge in [-0.15, -0.1) is 0 Å². The van der Waals surface area contributed by atoms with Gasteiger partial charge in [0.15, 0.2) is 5.69 Å². The number of pyridine rings is 1. The average molecular weight is 609 g/mol. The monoisotopic (exact) mass is 608 g/mol. The second kappa shape index (κ2) is 9.88. The van der Waals surface area contributed by atoms with Crippen molar-refractivity contribution >= 4 is 38.3 Å². The highest BCUT2D eigenvalue weighted by atomic mass is 79.9. The number of carbonyl (C=O) groups excluding carboxylic acids is 1. The van der Waals surface area contributed by atoms with Crippen LogP contribution in [0, 0.1) is 6.92 Å². The quantitative estimate of drug-likeness (QED) is 0.224. The molecule has 4 heterocycles. The Morgan fingerprint density at radius 3 is 2.55 bits per heavy atom. The summed E-state index contributed by atoms with van der Waals surface area (Å²) in [6.07, 6.45) is 5.60. The number of imidazole rings is 1. The molecule has 40 heavy (non-hydrogen) atoms. The molecule has 0 N–H and O–H groups in total. The third-order valence-electron chi connectivity index (χ3n) is 7.18. The summed E-state index contributed by atoms with van der Waals surface area (Å²) in [5.74, 6) is -0.279. The van der Waals surface area contributed by atoms with Crippen LogP contribution in [-0.2, 0) is 25.7 Å². The van der Waals surface area contributed by atoms with Crippen LogP contribution in [0.15, 0.2) is 66.0 Å². The SMILES string of the molecule is CCn1cc(-c2cc(Cn3ccnc3)cc3c2CCN(c2cncc4c(Br)cc(C)cc24)C3=O)c(C(F)(F)F)n1. The number of aromatic nitrogens is 5. The van der Waals surface area contributed by atoms with E-state index in [1.54, 1.807) is 55.1 Å². The second-order valence-electron chi connectivity index (χ2n) is 9.86. The zero-order valence-electron chi connectivity index (χ0n) is 21.7. The lowest BCUT2D eigenvalue weighted by atomic mass is 9.88. The van der Waals surface area contributed by atoms with Crippen LogP contribution in [0.1, 0.15) is 39.7 Å². The fourth-order valence-electron chi connectivity index (χ4n) is 5.37. The van der Waals surface area contributed by atoms with Gasteiger partial charge in [0.1, 0.15) is 0 Å². The van der Waals surface area contributed by atoms with Crippen LogP contribution in [-0.4, -0.2) is 36.8 Å². The Kier molecular flexibility index (Phi) is 6.48. The van der Waals surface area contributed by atoms with Crippen LogP contribution in [0.5, 0.6) is 0 Å². The lowest BCUT2D eigenvalue weighted by Crippen LogP contribution is -2.38. The number of amides is 1. The van der Waals surface area contributed by atoms with E-state index < -0.39 is 11.9 Å². The van der Waals surface area contributed by atoms with E-state index in [-0.39, 0.29) is 18.0 Å². The van der Waals surface area contributed by atoms with Crippen molar-refractivity contribution in [2.45, 2.75) is 39.5 Å². The molecule has 0 bridgehead atoms. The van der Waals surface area contributed by atoms with Crippen molar-refractivity contribution in [2.24, 2.45) is 0 Å². The van der Waals surface area contributed by atoms with Gasteiger partial charge in [0.2, 0.25) is 0 Å². The summed E-state index contributed by atoms with van der Waals surface area (Å²) < 4.78 is 46.3. The highest BCUT2D eigenvalue weighted by Gasteiger charge is 2.39. The van der Waals surface area contributed by atoms with Crippen LogP contribution in [0.4, 0.5) is 18.9 Å². The van der Waals surface area contributed by atoms with Gasteiger partial charge < -0.3 is 9.47 Å². The van der Waals surface area contributed by atoms with E-state index >= 15 is 0 Å². The topological polar surface area (TPSA) is 68.8 Å². The van der Waals surface area contributed by atoms with Gasteiger partial charge in [-0.25, -0.2) is 4.98 Å². The molecule has 0 saturated heterocycles. The van der Waals surface area contributed by atoms with Crippen molar-refractivity contribution in [1.29, 1.82) is 0 Å². The maximum absolute atomic E-state index is 14.1. The van der Waals surface area contributed by atoms with Gasteiger partial charge in [-0.1, -0.05) is 15.9 Å². The minimum absolute atomic E-state index is 0.0225. The first-order valence-electron chi connectivity index (χ1n) is 12.8. The Hall–Kier alpha value is -3.99. The van der Waals surface area contributed by atoms with Crippen LogP contribution in [0.3, 0.4) is 0 Å². The predicted molar refractivity (Wildman–Crippen MR) is 149 cm³/mol. The van der Waals surface area contributed by atoms with E-state index in [9.17, 15) is 18.0 Å². The van der Waals surface area contributed by atoms with Gasteiger partial charge in [-0.3, -0.25) is 14.5 Å². The summed E-state index contributed by atoms with van der Waals surface area (Å²) in [5.41, 5.74) is 2.73. The molecule has 2 aromatic carbocycles. The predicted octanol–water partition coefficient (Wildman–Crippen LogP) is 6.66. The molecule has 0 spiro atoms. The lowest BCUT2D eigenvalue weighted by molar-refractivity contribution is -0.141. The Morgan fingerprint density at radius 2 is 1.82 bits per heavy atom. The van der Waals surface area contributed by atoms with E-state index in [0.29, 0.717) is 47.5 Å². The number of halogens is 4. The summed E-state index contributed by atoms with van der Waals surface area (Å²) in [7, 11) is 0. The van der Waals surface area contributed by atoms with E-state index in [1.807, 2.05) is 23.6 Å². The Labute approximate surface area is 236 Å². The van der Waals surface area contributed by atoms with E-state index in [1.165, 1.54) is 10.9 Å². The van der Waals surface area contributed by atoms with Crippen molar-refractivity contribution in [3.8, 4) is 11.1 Å². The Bertz CT molecular complexity index is 1760. The number of hydrogen-bond donors (Lipinski definition) is 0. The average Bonchev–Trinajstić information content (AvgIpc) is 3.59. The molecule has 1 aliphatic rings. The molecular weight excluding hydrogens is 585 g/mol. The van der Waals surface area contributed by atoms with Crippen LogP contribution < -0.4 is 4.90 Å². The Morgan fingerprint density at radius 1 is 1.02 bits per heavy atom. The van der Waals surface area contributed by atoms with Gasteiger partial charge in [0.25, 0.3) is 5.91 Å². The zero-order valence-corrected chi connectivity index (χ0v) is 23.3. The van der Waals surface area contributed by atoms with Crippen molar-refractivity contribution in [3.63, 3.8) is 0 Å². The summed E-state index contributed by atoms with van der Waals surface area (Å²) in [6, 6.07) is 7.53. The molecule has 3 aromatic heterocycles. The van der Waals surface area contributed by atoms with E-state index in [0.717, 1.165) is 20.8 Å². The van der Waals surface area contributed by atoms with Crippen LogP contribution in [0.25, 0.3) is 21.9 Å². The third kappa shape index (κ3) is 4.57. The molecule has 0 saturated carbocycles. The first-order chi connectivity index (χ1) is 19.1. The molecule has 1 aliphatic heterocycles. The third-order valence-corrected chi connectivity index (χ3v) is 7.84. The molecule has 0 unspecified atom stereocenters. The second-order valence-corrected chi connectivity index (χ2v) is 10.7. The van der Waals surface area contributed by atoms with Crippen LogP contribution in [0.2, 0.25) is 0 Å². The summed E-state index contributed by atoms with van der Waals surface area (Å²) in [6.45, 7) is 4.65. The number of hydrogen-bond acceptors (Lipinski definition) is 4. The van der Waals surface area contributed by atoms with Gasteiger partial charge in [-0.2, -0.15) is 18.3 Å². The molecule has 7 nitrogen and oxygen atoms in total. The molecule has 0 fully saturated rings. The summed E-state index contributed by atoms with van der Waals surface area (Å²) in [4.78, 5) is 24.3. The summed E-state index contributed by atoms with van der Waals surface area (Å²) >= 11 is 3.60. The molecule has 1 amide bonds. The molecule has 5 aromatic rings. The number of fused-ring (bicyclic) bond motifs is 2. The highest BCUT2D eigenvalue weighted by Crippen LogP contribution is 2.41. The number of rotatable bonds is 5. The fourth-order valence-corrected chi connectivity index (χ4v) is 6.05. The maximum atomic E-state index is 14.1. The van der Waals surface area contributed by atoms with Crippen molar-refractivity contribution in [3.05, 3.63) is 94.0 Å². The van der Waals surface area contributed by atoms with Gasteiger partial charge >= 0.3 is 6.18 Å². The number of carbonyl (C=O) groups is 1. The molecule has 6 rings (SSSR count).